The second-order valence-electron chi connectivity index (χ2n) is 6.80. The Balaban J connectivity index is 1.77. The van der Waals surface area contributed by atoms with Gasteiger partial charge in [-0.1, -0.05) is 45.0 Å². The molecule has 1 saturated heterocycles. The van der Waals surface area contributed by atoms with Gasteiger partial charge in [0.15, 0.2) is 0 Å². The van der Waals surface area contributed by atoms with E-state index in [-0.39, 0.29) is 12.5 Å². The Morgan fingerprint density at radius 1 is 1.06 bits per heavy atom. The largest absolute Gasteiger partial charge is 0.493 e. The normalized spacial score (nSPS) is 24.9. The van der Waals surface area contributed by atoms with Gasteiger partial charge in [-0.05, 0) is 29.3 Å². The molecule has 0 amide bonds. The smallest absolute Gasteiger partial charge is 0.407 e. The molecule has 18 heavy (non-hydrogen) atoms. The highest BCUT2D eigenvalue weighted by atomic mass is 16.6. The SMILES string of the molecule is CC1(C)COB(c2cccc(C3(C)CC3)c2)OC1. The molecule has 0 spiro atoms. The monoisotopic (exact) mass is 244 g/mol. The summed E-state index contributed by atoms with van der Waals surface area (Å²) in [6.45, 7) is 8.20. The number of hydrogen-bond acceptors (Lipinski definition) is 2. The maximum Gasteiger partial charge on any atom is 0.493 e. The third-order valence-corrected chi connectivity index (χ3v) is 4.11. The summed E-state index contributed by atoms with van der Waals surface area (Å²) >= 11 is 0. The molecule has 0 atom stereocenters. The average Bonchev–Trinajstić information content (AvgIpc) is 3.09. The van der Waals surface area contributed by atoms with Gasteiger partial charge in [0, 0.05) is 18.6 Å². The fourth-order valence-electron chi connectivity index (χ4n) is 2.42. The van der Waals surface area contributed by atoms with Gasteiger partial charge in [0.2, 0.25) is 0 Å². The molecule has 0 unspecified atom stereocenters. The molecular formula is C15H21BO2. The quantitative estimate of drug-likeness (QED) is 0.744. The van der Waals surface area contributed by atoms with Gasteiger partial charge >= 0.3 is 7.12 Å². The van der Waals surface area contributed by atoms with Crippen LogP contribution in [0.5, 0.6) is 0 Å². The molecule has 1 saturated carbocycles. The zero-order chi connectivity index (χ0) is 12.8. The molecule has 0 radical (unpaired) electrons. The van der Waals surface area contributed by atoms with Crippen molar-refractivity contribution in [2.45, 2.75) is 39.0 Å². The molecule has 2 aliphatic rings. The fourth-order valence-corrected chi connectivity index (χ4v) is 2.42. The van der Waals surface area contributed by atoms with Crippen LogP contribution in [-0.4, -0.2) is 20.3 Å². The van der Waals surface area contributed by atoms with E-state index in [1.165, 1.54) is 18.4 Å². The van der Waals surface area contributed by atoms with Crippen LogP contribution in [0.25, 0.3) is 0 Å². The fraction of sp³-hybridized carbons (Fsp3) is 0.600. The van der Waals surface area contributed by atoms with E-state index in [4.69, 9.17) is 9.31 Å². The number of rotatable bonds is 2. The molecule has 1 aromatic carbocycles. The van der Waals surface area contributed by atoms with Crippen LogP contribution in [-0.2, 0) is 14.7 Å². The van der Waals surface area contributed by atoms with Crippen molar-refractivity contribution in [2.24, 2.45) is 5.41 Å². The van der Waals surface area contributed by atoms with Crippen molar-refractivity contribution in [3.63, 3.8) is 0 Å². The summed E-state index contributed by atoms with van der Waals surface area (Å²) in [7, 11) is -0.180. The highest BCUT2D eigenvalue weighted by Crippen LogP contribution is 2.47. The highest BCUT2D eigenvalue weighted by Gasteiger charge is 2.40. The molecular weight excluding hydrogens is 223 g/mol. The lowest BCUT2D eigenvalue weighted by Gasteiger charge is -2.33. The van der Waals surface area contributed by atoms with Crippen molar-refractivity contribution in [3.05, 3.63) is 29.8 Å². The lowest BCUT2D eigenvalue weighted by Crippen LogP contribution is -2.47. The zero-order valence-electron chi connectivity index (χ0n) is 11.5. The van der Waals surface area contributed by atoms with Crippen LogP contribution in [0.2, 0.25) is 0 Å². The van der Waals surface area contributed by atoms with Gasteiger partial charge in [0.05, 0.1) is 0 Å². The standard InChI is InChI=1S/C15H21BO2/c1-14(2)10-17-16(18-11-14)13-6-4-5-12(9-13)15(3)7-8-15/h4-6,9H,7-8,10-11H2,1-3H3. The lowest BCUT2D eigenvalue weighted by molar-refractivity contribution is 0.0343. The molecule has 0 aromatic heterocycles. The molecule has 1 aliphatic heterocycles. The van der Waals surface area contributed by atoms with Crippen LogP contribution in [0, 0.1) is 5.41 Å². The molecule has 1 heterocycles. The van der Waals surface area contributed by atoms with Crippen molar-refractivity contribution >= 4 is 12.6 Å². The van der Waals surface area contributed by atoms with Gasteiger partial charge in [-0.15, -0.1) is 0 Å². The molecule has 1 aliphatic carbocycles. The van der Waals surface area contributed by atoms with E-state index in [1.54, 1.807) is 0 Å². The summed E-state index contributed by atoms with van der Waals surface area (Å²) in [6, 6.07) is 8.72. The van der Waals surface area contributed by atoms with Crippen molar-refractivity contribution in [2.75, 3.05) is 13.2 Å². The van der Waals surface area contributed by atoms with Gasteiger partial charge in [-0.25, -0.2) is 0 Å². The molecule has 2 fully saturated rings. The molecule has 1 aromatic rings. The maximum absolute atomic E-state index is 5.85. The van der Waals surface area contributed by atoms with Crippen molar-refractivity contribution < 1.29 is 9.31 Å². The Bertz CT molecular complexity index is 442. The topological polar surface area (TPSA) is 18.5 Å². The summed E-state index contributed by atoms with van der Waals surface area (Å²) in [5.74, 6) is 0. The second-order valence-corrected chi connectivity index (χ2v) is 6.80. The number of hydrogen-bond donors (Lipinski definition) is 0. The van der Waals surface area contributed by atoms with E-state index < -0.39 is 0 Å². The Hall–Kier alpha value is -0.795. The van der Waals surface area contributed by atoms with Gasteiger partial charge < -0.3 is 9.31 Å². The summed E-state index contributed by atoms with van der Waals surface area (Å²) in [5.41, 5.74) is 3.13. The van der Waals surface area contributed by atoms with Crippen LogP contribution in [0.15, 0.2) is 24.3 Å². The van der Waals surface area contributed by atoms with Crippen LogP contribution < -0.4 is 5.46 Å². The van der Waals surface area contributed by atoms with E-state index in [0.29, 0.717) is 5.41 Å². The van der Waals surface area contributed by atoms with E-state index in [0.717, 1.165) is 18.7 Å². The zero-order valence-corrected chi connectivity index (χ0v) is 11.5. The molecule has 3 heteroatoms. The minimum absolute atomic E-state index is 0.135. The van der Waals surface area contributed by atoms with Crippen molar-refractivity contribution in [3.8, 4) is 0 Å². The first-order chi connectivity index (χ1) is 8.49. The van der Waals surface area contributed by atoms with E-state index in [9.17, 15) is 0 Å². The first-order valence-electron chi connectivity index (χ1n) is 6.82. The Morgan fingerprint density at radius 2 is 1.72 bits per heavy atom. The third kappa shape index (κ3) is 2.34. The first kappa shape index (κ1) is 12.2. The Labute approximate surface area is 110 Å². The van der Waals surface area contributed by atoms with Crippen LogP contribution in [0.4, 0.5) is 0 Å². The van der Waals surface area contributed by atoms with Gasteiger partial charge in [-0.2, -0.15) is 0 Å². The Morgan fingerprint density at radius 3 is 2.33 bits per heavy atom. The minimum Gasteiger partial charge on any atom is -0.407 e. The Kier molecular flexibility index (Phi) is 2.79. The second kappa shape index (κ2) is 4.11. The highest BCUT2D eigenvalue weighted by molar-refractivity contribution is 6.61. The van der Waals surface area contributed by atoms with E-state index in [1.807, 2.05) is 0 Å². The van der Waals surface area contributed by atoms with Crippen LogP contribution >= 0.6 is 0 Å². The molecule has 0 bridgehead atoms. The third-order valence-electron chi connectivity index (χ3n) is 4.11. The summed E-state index contributed by atoms with van der Waals surface area (Å²) in [6.07, 6.45) is 2.60. The average molecular weight is 244 g/mol. The van der Waals surface area contributed by atoms with Crippen molar-refractivity contribution in [1.82, 2.24) is 0 Å². The maximum atomic E-state index is 5.85. The first-order valence-corrected chi connectivity index (χ1v) is 6.82. The molecule has 0 N–H and O–H groups in total. The van der Waals surface area contributed by atoms with Crippen LogP contribution in [0.3, 0.4) is 0 Å². The lowest BCUT2D eigenvalue weighted by atomic mass is 9.74. The number of benzene rings is 1. The van der Waals surface area contributed by atoms with Crippen LogP contribution in [0.1, 0.15) is 39.2 Å². The van der Waals surface area contributed by atoms with E-state index >= 15 is 0 Å². The van der Waals surface area contributed by atoms with Gasteiger partial charge in [-0.3, -0.25) is 0 Å². The van der Waals surface area contributed by atoms with Crippen molar-refractivity contribution in [1.29, 1.82) is 0 Å². The summed E-state index contributed by atoms with van der Waals surface area (Å²) in [4.78, 5) is 0. The molecule has 2 nitrogen and oxygen atoms in total. The summed E-state index contributed by atoms with van der Waals surface area (Å²) < 4.78 is 11.7. The van der Waals surface area contributed by atoms with E-state index in [2.05, 4.69) is 45.0 Å². The van der Waals surface area contributed by atoms with Gasteiger partial charge in [0.1, 0.15) is 0 Å². The summed E-state index contributed by atoms with van der Waals surface area (Å²) in [5, 5.41) is 0. The minimum atomic E-state index is -0.180. The predicted octanol–water partition coefficient (Wildman–Crippen LogP) is 2.51. The van der Waals surface area contributed by atoms with Gasteiger partial charge in [0.25, 0.3) is 0 Å². The molecule has 96 valence electrons. The predicted molar refractivity (Wildman–Crippen MR) is 74.1 cm³/mol. The molecule has 3 rings (SSSR count).